The van der Waals surface area contributed by atoms with E-state index in [-0.39, 0.29) is 24.3 Å². The molecule has 1 aromatic rings. The number of rotatable bonds is 2. The molecular weight excluding hydrogens is 224 g/mol. The Morgan fingerprint density at radius 3 is 2.81 bits per heavy atom. The molecule has 1 saturated heterocycles. The van der Waals surface area contributed by atoms with Gasteiger partial charge in [0.2, 0.25) is 11.8 Å². The lowest BCUT2D eigenvalue weighted by Gasteiger charge is -2.36. The number of amides is 2. The Kier molecular flexibility index (Phi) is 2.96. The first-order valence-electron chi connectivity index (χ1n) is 5.23. The van der Waals surface area contributed by atoms with Crippen molar-refractivity contribution in [3.05, 3.63) is 16.8 Å². The lowest BCUT2D eigenvalue weighted by atomic mass is 9.99. The molecule has 0 saturated carbocycles. The number of hydrogen-bond acceptors (Lipinski definition) is 3. The summed E-state index contributed by atoms with van der Waals surface area (Å²) in [5.41, 5.74) is 0.823. The van der Waals surface area contributed by atoms with Crippen LogP contribution in [0.25, 0.3) is 0 Å². The Morgan fingerprint density at radius 2 is 2.25 bits per heavy atom. The Bertz CT molecular complexity index is 400. The molecule has 1 aliphatic rings. The molecule has 1 fully saturated rings. The molecule has 1 aliphatic heterocycles. The van der Waals surface area contributed by atoms with E-state index in [1.165, 1.54) is 11.3 Å². The van der Waals surface area contributed by atoms with Gasteiger partial charge in [0.1, 0.15) is 6.04 Å². The number of anilines is 1. The minimum Gasteiger partial charge on any atom is -0.345 e. The molecule has 1 aromatic heterocycles. The topological polar surface area (TPSA) is 49.4 Å². The summed E-state index contributed by atoms with van der Waals surface area (Å²) in [7, 11) is 0. The molecule has 16 heavy (non-hydrogen) atoms. The van der Waals surface area contributed by atoms with E-state index in [0.717, 1.165) is 5.69 Å². The van der Waals surface area contributed by atoms with Crippen LogP contribution >= 0.6 is 11.3 Å². The van der Waals surface area contributed by atoms with Crippen LogP contribution in [0.2, 0.25) is 0 Å². The minimum atomic E-state index is -0.393. The Balaban J connectivity index is 2.36. The van der Waals surface area contributed by atoms with E-state index in [4.69, 9.17) is 0 Å². The molecule has 1 N–H and O–H groups in total. The third-order valence-electron chi connectivity index (χ3n) is 2.65. The molecule has 2 rings (SSSR count). The van der Waals surface area contributed by atoms with E-state index < -0.39 is 6.04 Å². The van der Waals surface area contributed by atoms with Crippen molar-refractivity contribution >= 4 is 28.8 Å². The first-order chi connectivity index (χ1) is 7.61. The molecule has 0 radical (unpaired) electrons. The molecule has 1 unspecified atom stereocenters. The first kappa shape index (κ1) is 11.1. The molecule has 2 heterocycles. The van der Waals surface area contributed by atoms with Gasteiger partial charge in [0.05, 0.1) is 12.2 Å². The number of nitrogens with one attached hydrogen (secondary N) is 1. The second kappa shape index (κ2) is 4.25. The third-order valence-corrected chi connectivity index (χ3v) is 3.32. The zero-order valence-electron chi connectivity index (χ0n) is 9.27. The first-order valence-corrected chi connectivity index (χ1v) is 6.17. The van der Waals surface area contributed by atoms with E-state index in [2.05, 4.69) is 5.32 Å². The van der Waals surface area contributed by atoms with E-state index >= 15 is 0 Å². The maximum absolute atomic E-state index is 11.9. The smallest absolute Gasteiger partial charge is 0.247 e. The summed E-state index contributed by atoms with van der Waals surface area (Å²) in [5, 5.41) is 6.43. The largest absolute Gasteiger partial charge is 0.345 e. The summed E-state index contributed by atoms with van der Waals surface area (Å²) in [6.45, 7) is 3.99. The van der Waals surface area contributed by atoms with Crippen molar-refractivity contribution in [3.8, 4) is 0 Å². The van der Waals surface area contributed by atoms with E-state index in [1.807, 2.05) is 30.7 Å². The molecule has 0 bridgehead atoms. The minimum absolute atomic E-state index is 0.0447. The Labute approximate surface area is 98.3 Å². The lowest BCUT2D eigenvalue weighted by molar-refractivity contribution is -0.131. The van der Waals surface area contributed by atoms with Gasteiger partial charge in [0, 0.05) is 5.38 Å². The van der Waals surface area contributed by atoms with Crippen LogP contribution in [0.4, 0.5) is 5.69 Å². The highest BCUT2D eigenvalue weighted by Gasteiger charge is 2.37. The lowest BCUT2D eigenvalue weighted by Crippen LogP contribution is -2.60. The Hall–Kier alpha value is -1.36. The summed E-state index contributed by atoms with van der Waals surface area (Å²) in [5.74, 6) is -0.0124. The molecule has 2 amide bonds. The molecule has 0 spiro atoms. The zero-order valence-corrected chi connectivity index (χ0v) is 10.1. The van der Waals surface area contributed by atoms with Gasteiger partial charge in [-0.25, -0.2) is 0 Å². The van der Waals surface area contributed by atoms with Gasteiger partial charge in [-0.1, -0.05) is 13.8 Å². The SMILES string of the molecule is CC(C)C1C(=O)NCC(=O)N1c1ccsc1. The maximum atomic E-state index is 11.9. The van der Waals surface area contributed by atoms with Gasteiger partial charge in [0.15, 0.2) is 0 Å². The van der Waals surface area contributed by atoms with Crippen LogP contribution in [0.1, 0.15) is 13.8 Å². The summed E-state index contributed by atoms with van der Waals surface area (Å²) in [4.78, 5) is 25.3. The molecule has 1 atom stereocenters. The molecular formula is C11H14N2O2S. The zero-order chi connectivity index (χ0) is 11.7. The summed E-state index contributed by atoms with van der Waals surface area (Å²) >= 11 is 1.52. The van der Waals surface area contributed by atoms with Crippen LogP contribution in [0.5, 0.6) is 0 Å². The molecule has 0 aromatic carbocycles. The predicted molar refractivity (Wildman–Crippen MR) is 63.4 cm³/mol. The highest BCUT2D eigenvalue weighted by atomic mass is 32.1. The van der Waals surface area contributed by atoms with E-state index in [1.54, 1.807) is 4.90 Å². The van der Waals surface area contributed by atoms with Crippen molar-refractivity contribution in [2.75, 3.05) is 11.4 Å². The maximum Gasteiger partial charge on any atom is 0.247 e. The van der Waals surface area contributed by atoms with Crippen LogP contribution in [-0.4, -0.2) is 24.4 Å². The van der Waals surface area contributed by atoms with Gasteiger partial charge < -0.3 is 5.32 Å². The van der Waals surface area contributed by atoms with Crippen LogP contribution in [-0.2, 0) is 9.59 Å². The molecule has 0 aliphatic carbocycles. The third kappa shape index (κ3) is 1.82. The van der Waals surface area contributed by atoms with Gasteiger partial charge >= 0.3 is 0 Å². The Morgan fingerprint density at radius 1 is 1.50 bits per heavy atom. The van der Waals surface area contributed by atoms with Crippen LogP contribution in [0.3, 0.4) is 0 Å². The number of thiophene rings is 1. The number of piperazine rings is 1. The number of carbonyl (C=O) groups excluding carboxylic acids is 2. The molecule has 5 heteroatoms. The van der Waals surface area contributed by atoms with Crippen molar-refractivity contribution in [1.82, 2.24) is 5.32 Å². The second-order valence-corrected chi connectivity index (χ2v) is 4.93. The van der Waals surface area contributed by atoms with Gasteiger partial charge in [-0.05, 0) is 17.4 Å². The van der Waals surface area contributed by atoms with Crippen molar-refractivity contribution in [3.63, 3.8) is 0 Å². The van der Waals surface area contributed by atoms with Crippen molar-refractivity contribution in [1.29, 1.82) is 0 Å². The standard InChI is InChI=1S/C11H14N2O2S/c1-7(2)10-11(15)12-5-9(14)13(10)8-3-4-16-6-8/h3-4,6-7,10H,5H2,1-2H3,(H,12,15). The van der Waals surface area contributed by atoms with Gasteiger partial charge in [0.25, 0.3) is 0 Å². The number of hydrogen-bond donors (Lipinski definition) is 1. The quantitative estimate of drug-likeness (QED) is 0.842. The normalized spacial score (nSPS) is 21.4. The van der Waals surface area contributed by atoms with Crippen LogP contribution in [0, 0.1) is 5.92 Å². The second-order valence-electron chi connectivity index (χ2n) is 4.15. The molecule has 86 valence electrons. The summed E-state index contributed by atoms with van der Waals surface area (Å²) in [6, 6.07) is 1.48. The van der Waals surface area contributed by atoms with E-state index in [9.17, 15) is 9.59 Å². The molecule has 4 nitrogen and oxygen atoms in total. The highest BCUT2D eigenvalue weighted by molar-refractivity contribution is 7.08. The highest BCUT2D eigenvalue weighted by Crippen LogP contribution is 2.25. The van der Waals surface area contributed by atoms with Crippen molar-refractivity contribution in [2.45, 2.75) is 19.9 Å². The average molecular weight is 238 g/mol. The van der Waals surface area contributed by atoms with Crippen LogP contribution in [0.15, 0.2) is 16.8 Å². The number of nitrogens with zero attached hydrogens (tertiary/aromatic N) is 1. The summed E-state index contributed by atoms with van der Waals surface area (Å²) < 4.78 is 0. The fourth-order valence-electron chi connectivity index (χ4n) is 1.92. The van der Waals surface area contributed by atoms with Crippen molar-refractivity contribution < 1.29 is 9.59 Å². The van der Waals surface area contributed by atoms with Crippen molar-refractivity contribution in [2.24, 2.45) is 5.92 Å². The van der Waals surface area contributed by atoms with Gasteiger partial charge in [-0.2, -0.15) is 11.3 Å². The summed E-state index contributed by atoms with van der Waals surface area (Å²) in [6.07, 6.45) is 0. The average Bonchev–Trinajstić information content (AvgIpc) is 2.73. The van der Waals surface area contributed by atoms with Crippen LogP contribution < -0.4 is 10.2 Å². The van der Waals surface area contributed by atoms with Gasteiger partial charge in [-0.3, -0.25) is 14.5 Å². The fraction of sp³-hybridized carbons (Fsp3) is 0.455. The monoisotopic (exact) mass is 238 g/mol. The van der Waals surface area contributed by atoms with E-state index in [0.29, 0.717) is 0 Å². The van der Waals surface area contributed by atoms with Gasteiger partial charge in [-0.15, -0.1) is 0 Å². The number of carbonyl (C=O) groups is 2. The predicted octanol–water partition coefficient (Wildman–Crippen LogP) is 1.24. The fourth-order valence-corrected chi connectivity index (χ4v) is 2.55.